The van der Waals surface area contributed by atoms with Gasteiger partial charge in [-0.25, -0.2) is 9.78 Å². The molecular formula is C16H10ClNO3. The molecule has 0 bridgehead atoms. The molecule has 0 amide bonds. The first-order valence-corrected chi connectivity index (χ1v) is 6.58. The van der Waals surface area contributed by atoms with Gasteiger partial charge in [0.15, 0.2) is 5.69 Å². The fourth-order valence-electron chi connectivity index (χ4n) is 2.03. The van der Waals surface area contributed by atoms with Crippen molar-refractivity contribution < 1.29 is 14.6 Å². The predicted molar refractivity (Wildman–Crippen MR) is 80.2 cm³/mol. The summed E-state index contributed by atoms with van der Waals surface area (Å²) >= 11 is 5.79. The molecular weight excluding hydrogens is 290 g/mol. The van der Waals surface area contributed by atoms with Crippen molar-refractivity contribution in [3.8, 4) is 11.6 Å². The lowest BCUT2D eigenvalue weighted by Crippen LogP contribution is -2.02. The molecule has 1 heterocycles. The summed E-state index contributed by atoms with van der Waals surface area (Å²) < 4.78 is 5.70. The molecule has 0 aliphatic carbocycles. The summed E-state index contributed by atoms with van der Waals surface area (Å²) in [7, 11) is 0. The molecule has 4 nitrogen and oxygen atoms in total. The van der Waals surface area contributed by atoms with E-state index in [9.17, 15) is 4.79 Å². The van der Waals surface area contributed by atoms with Gasteiger partial charge in [0, 0.05) is 11.5 Å². The lowest BCUT2D eigenvalue weighted by Gasteiger charge is -2.09. The molecule has 2 aromatic carbocycles. The Hall–Kier alpha value is -2.59. The number of halogens is 1. The van der Waals surface area contributed by atoms with Crippen LogP contribution in [0.2, 0.25) is 5.02 Å². The molecule has 0 atom stereocenters. The summed E-state index contributed by atoms with van der Waals surface area (Å²) in [6.45, 7) is 0. The zero-order valence-electron chi connectivity index (χ0n) is 10.8. The quantitative estimate of drug-likeness (QED) is 0.779. The summed E-state index contributed by atoms with van der Waals surface area (Å²) in [4.78, 5) is 15.0. The molecule has 1 aromatic heterocycles. The van der Waals surface area contributed by atoms with E-state index in [0.29, 0.717) is 5.75 Å². The first kappa shape index (κ1) is 13.4. The summed E-state index contributed by atoms with van der Waals surface area (Å²) in [6.07, 6.45) is 0. The third-order valence-electron chi connectivity index (χ3n) is 2.99. The number of pyridine rings is 1. The Kier molecular flexibility index (Phi) is 3.46. The number of carbonyl (C=O) groups is 1. The van der Waals surface area contributed by atoms with Crippen LogP contribution in [0.4, 0.5) is 0 Å². The van der Waals surface area contributed by atoms with Gasteiger partial charge in [-0.15, -0.1) is 0 Å². The Labute approximate surface area is 125 Å². The molecule has 1 N–H and O–H groups in total. The Morgan fingerprint density at radius 2 is 1.81 bits per heavy atom. The molecule has 0 unspecified atom stereocenters. The van der Waals surface area contributed by atoms with Gasteiger partial charge in [0.1, 0.15) is 5.75 Å². The number of carboxylic acids is 1. The van der Waals surface area contributed by atoms with Crippen LogP contribution in [-0.4, -0.2) is 16.1 Å². The van der Waals surface area contributed by atoms with Gasteiger partial charge in [0.05, 0.1) is 5.02 Å². The number of hydrogen-bond acceptors (Lipinski definition) is 3. The first-order chi connectivity index (χ1) is 10.1. The molecule has 0 spiro atoms. The van der Waals surface area contributed by atoms with Crippen LogP contribution < -0.4 is 4.74 Å². The zero-order valence-corrected chi connectivity index (χ0v) is 11.5. The van der Waals surface area contributed by atoms with Gasteiger partial charge in [-0.3, -0.25) is 0 Å². The van der Waals surface area contributed by atoms with E-state index >= 15 is 0 Å². The van der Waals surface area contributed by atoms with E-state index < -0.39 is 5.97 Å². The molecule has 0 fully saturated rings. The van der Waals surface area contributed by atoms with Gasteiger partial charge in [-0.05, 0) is 17.5 Å². The lowest BCUT2D eigenvalue weighted by molar-refractivity contribution is 0.0690. The highest BCUT2D eigenvalue weighted by Gasteiger charge is 2.13. The molecule has 0 radical (unpaired) electrons. The van der Waals surface area contributed by atoms with Crippen LogP contribution >= 0.6 is 11.6 Å². The Morgan fingerprint density at radius 3 is 2.62 bits per heavy atom. The second-order valence-corrected chi connectivity index (χ2v) is 4.77. The van der Waals surface area contributed by atoms with E-state index in [2.05, 4.69) is 4.98 Å². The maximum absolute atomic E-state index is 11.0. The van der Waals surface area contributed by atoms with E-state index in [4.69, 9.17) is 21.4 Å². The maximum Gasteiger partial charge on any atom is 0.356 e. The van der Waals surface area contributed by atoms with Gasteiger partial charge < -0.3 is 9.84 Å². The smallest absolute Gasteiger partial charge is 0.356 e. The number of ether oxygens (including phenoxy) is 1. The topological polar surface area (TPSA) is 59.4 Å². The summed E-state index contributed by atoms with van der Waals surface area (Å²) in [5.41, 5.74) is -0.227. The standard InChI is InChI=1S/C16H10ClNO3/c17-12-8-9-14(18-15(12)16(19)20)21-13-7-3-5-10-4-1-2-6-11(10)13/h1-9H,(H,19,20). The number of aromatic nitrogens is 1. The predicted octanol–water partition coefficient (Wildman–Crippen LogP) is 4.38. The number of hydrogen-bond donors (Lipinski definition) is 1. The molecule has 3 aromatic rings. The molecule has 21 heavy (non-hydrogen) atoms. The molecule has 0 aliphatic heterocycles. The number of aromatic carboxylic acids is 1. The van der Waals surface area contributed by atoms with Crippen molar-refractivity contribution in [2.24, 2.45) is 0 Å². The monoisotopic (exact) mass is 299 g/mol. The normalized spacial score (nSPS) is 10.5. The molecule has 5 heteroatoms. The van der Waals surface area contributed by atoms with Crippen LogP contribution in [-0.2, 0) is 0 Å². The second-order valence-electron chi connectivity index (χ2n) is 4.36. The Balaban J connectivity index is 2.03. The maximum atomic E-state index is 11.0. The minimum absolute atomic E-state index is 0.0766. The molecule has 104 valence electrons. The number of carboxylic acid groups (broad SMARTS) is 1. The second kappa shape index (κ2) is 5.42. The fraction of sp³-hybridized carbons (Fsp3) is 0. The lowest BCUT2D eigenvalue weighted by atomic mass is 10.1. The van der Waals surface area contributed by atoms with Crippen molar-refractivity contribution in [3.63, 3.8) is 0 Å². The van der Waals surface area contributed by atoms with Crippen LogP contribution in [0.3, 0.4) is 0 Å². The van der Waals surface area contributed by atoms with Gasteiger partial charge in [-0.2, -0.15) is 0 Å². The van der Waals surface area contributed by atoms with Crippen molar-refractivity contribution >= 4 is 28.3 Å². The van der Waals surface area contributed by atoms with Gasteiger partial charge in [0.2, 0.25) is 5.88 Å². The van der Waals surface area contributed by atoms with Gasteiger partial charge in [-0.1, -0.05) is 48.0 Å². The van der Waals surface area contributed by atoms with Crippen LogP contribution in [0, 0.1) is 0 Å². The number of nitrogens with zero attached hydrogens (tertiary/aromatic N) is 1. The third-order valence-corrected chi connectivity index (χ3v) is 3.29. The summed E-state index contributed by atoms with van der Waals surface area (Å²) in [6, 6.07) is 16.4. The highest BCUT2D eigenvalue weighted by Crippen LogP contribution is 2.29. The summed E-state index contributed by atoms with van der Waals surface area (Å²) in [5.74, 6) is -0.393. The SMILES string of the molecule is O=C(O)c1nc(Oc2cccc3ccccc23)ccc1Cl. The van der Waals surface area contributed by atoms with Crippen LogP contribution in [0.15, 0.2) is 54.6 Å². The minimum atomic E-state index is -1.19. The largest absolute Gasteiger partial charge is 0.476 e. The molecule has 0 aliphatic rings. The highest BCUT2D eigenvalue weighted by atomic mass is 35.5. The molecule has 3 rings (SSSR count). The van der Waals surface area contributed by atoms with Gasteiger partial charge >= 0.3 is 5.97 Å². The fourth-order valence-corrected chi connectivity index (χ4v) is 2.21. The Bertz CT molecular complexity index is 827. The van der Waals surface area contributed by atoms with Crippen molar-refractivity contribution in [2.75, 3.05) is 0 Å². The molecule has 0 saturated heterocycles. The number of benzene rings is 2. The van der Waals surface area contributed by atoms with Crippen LogP contribution in [0.1, 0.15) is 10.5 Å². The zero-order chi connectivity index (χ0) is 14.8. The van der Waals surface area contributed by atoms with Gasteiger partial charge in [0.25, 0.3) is 0 Å². The highest BCUT2D eigenvalue weighted by molar-refractivity contribution is 6.33. The van der Waals surface area contributed by atoms with E-state index in [-0.39, 0.29) is 16.6 Å². The average molecular weight is 300 g/mol. The van der Waals surface area contributed by atoms with E-state index in [1.54, 1.807) is 6.07 Å². The van der Waals surface area contributed by atoms with E-state index in [1.807, 2.05) is 36.4 Å². The Morgan fingerprint density at radius 1 is 1.05 bits per heavy atom. The third kappa shape index (κ3) is 2.66. The summed E-state index contributed by atoms with van der Waals surface area (Å²) in [5, 5.41) is 11.1. The molecule has 0 saturated carbocycles. The van der Waals surface area contributed by atoms with Crippen LogP contribution in [0.25, 0.3) is 10.8 Å². The van der Waals surface area contributed by atoms with E-state index in [0.717, 1.165) is 10.8 Å². The van der Waals surface area contributed by atoms with E-state index in [1.165, 1.54) is 12.1 Å². The number of rotatable bonds is 3. The van der Waals surface area contributed by atoms with Crippen LogP contribution in [0.5, 0.6) is 11.6 Å². The van der Waals surface area contributed by atoms with Crippen molar-refractivity contribution in [2.45, 2.75) is 0 Å². The minimum Gasteiger partial charge on any atom is -0.476 e. The van der Waals surface area contributed by atoms with Crippen molar-refractivity contribution in [1.29, 1.82) is 0 Å². The first-order valence-electron chi connectivity index (χ1n) is 6.20. The van der Waals surface area contributed by atoms with Crippen molar-refractivity contribution in [3.05, 3.63) is 65.3 Å². The average Bonchev–Trinajstić information content (AvgIpc) is 2.49. The number of fused-ring (bicyclic) bond motifs is 1. The van der Waals surface area contributed by atoms with Crippen molar-refractivity contribution in [1.82, 2.24) is 4.98 Å².